The number of hydrogen-bond donors (Lipinski definition) is 1. The maximum atomic E-state index is 6.48. The molecular weight excluding hydrogens is 258 g/mol. The van der Waals surface area contributed by atoms with Gasteiger partial charge in [-0.15, -0.1) is 0 Å². The van der Waals surface area contributed by atoms with Gasteiger partial charge in [0.2, 0.25) is 0 Å². The summed E-state index contributed by atoms with van der Waals surface area (Å²) in [5.41, 5.74) is 11.7. The topological polar surface area (TPSA) is 35.2 Å². The third-order valence-corrected chi connectivity index (χ3v) is 3.99. The van der Waals surface area contributed by atoms with Crippen LogP contribution in [0.5, 0.6) is 5.75 Å². The van der Waals surface area contributed by atoms with Gasteiger partial charge in [0, 0.05) is 6.04 Å². The van der Waals surface area contributed by atoms with Crippen molar-refractivity contribution < 1.29 is 4.74 Å². The summed E-state index contributed by atoms with van der Waals surface area (Å²) in [5, 5.41) is 0. The fraction of sp³-hybridized carbons (Fsp3) is 0.368. The maximum Gasteiger partial charge on any atom is 0.119 e. The highest BCUT2D eigenvalue weighted by Crippen LogP contribution is 2.24. The largest absolute Gasteiger partial charge is 0.497 e. The normalized spacial score (nSPS) is 12.2. The van der Waals surface area contributed by atoms with E-state index in [1.54, 1.807) is 7.11 Å². The molecule has 2 N–H and O–H groups in total. The lowest BCUT2D eigenvalue weighted by Gasteiger charge is -2.18. The minimum Gasteiger partial charge on any atom is -0.497 e. The summed E-state index contributed by atoms with van der Waals surface area (Å²) in [4.78, 5) is 0. The highest BCUT2D eigenvalue weighted by atomic mass is 16.5. The number of rotatable bonds is 6. The van der Waals surface area contributed by atoms with Crippen molar-refractivity contribution in [3.05, 3.63) is 64.7 Å². The molecule has 0 saturated heterocycles. The van der Waals surface area contributed by atoms with Crippen molar-refractivity contribution in [2.45, 2.75) is 39.2 Å². The van der Waals surface area contributed by atoms with E-state index in [9.17, 15) is 0 Å². The summed E-state index contributed by atoms with van der Waals surface area (Å²) < 4.78 is 5.28. The Bertz CT molecular complexity index is 592. The first-order valence-corrected chi connectivity index (χ1v) is 7.68. The fourth-order valence-electron chi connectivity index (χ4n) is 2.69. The molecule has 21 heavy (non-hydrogen) atoms. The number of ether oxygens (including phenoxy) is 1. The molecule has 2 nitrogen and oxygen atoms in total. The molecule has 0 bridgehead atoms. The first-order chi connectivity index (χ1) is 10.2. The molecule has 0 aliphatic carbocycles. The quantitative estimate of drug-likeness (QED) is 0.867. The Kier molecular flexibility index (Phi) is 5.40. The van der Waals surface area contributed by atoms with E-state index in [1.807, 2.05) is 12.1 Å². The van der Waals surface area contributed by atoms with Crippen molar-refractivity contribution in [2.24, 2.45) is 5.73 Å². The number of methoxy groups -OCH3 is 1. The van der Waals surface area contributed by atoms with E-state index in [2.05, 4.69) is 44.2 Å². The van der Waals surface area contributed by atoms with Crippen LogP contribution in [0.25, 0.3) is 0 Å². The zero-order valence-electron chi connectivity index (χ0n) is 13.2. The van der Waals surface area contributed by atoms with Crippen molar-refractivity contribution in [1.82, 2.24) is 0 Å². The van der Waals surface area contributed by atoms with Crippen LogP contribution in [0.1, 0.15) is 42.1 Å². The lowest BCUT2D eigenvalue weighted by molar-refractivity contribution is 0.414. The Labute approximate surface area is 127 Å². The molecule has 0 amide bonds. The van der Waals surface area contributed by atoms with Crippen LogP contribution in [-0.2, 0) is 19.3 Å². The molecule has 1 atom stereocenters. The maximum absolute atomic E-state index is 6.48. The van der Waals surface area contributed by atoms with E-state index in [0.717, 1.165) is 25.0 Å². The molecule has 0 aliphatic heterocycles. The summed E-state index contributed by atoms with van der Waals surface area (Å²) in [7, 11) is 1.69. The van der Waals surface area contributed by atoms with Crippen LogP contribution in [0.15, 0.2) is 42.5 Å². The van der Waals surface area contributed by atoms with Crippen LogP contribution in [0, 0.1) is 0 Å². The molecule has 2 aromatic rings. The second kappa shape index (κ2) is 7.28. The lowest BCUT2D eigenvalue weighted by atomic mass is 9.92. The number of nitrogens with two attached hydrogens (primary N) is 1. The fourth-order valence-corrected chi connectivity index (χ4v) is 2.69. The summed E-state index contributed by atoms with van der Waals surface area (Å²) in [6, 6.07) is 14.9. The highest BCUT2D eigenvalue weighted by molar-refractivity contribution is 5.36. The van der Waals surface area contributed by atoms with E-state index in [0.29, 0.717) is 0 Å². The Morgan fingerprint density at radius 2 is 1.81 bits per heavy atom. The van der Waals surface area contributed by atoms with Gasteiger partial charge < -0.3 is 10.5 Å². The monoisotopic (exact) mass is 283 g/mol. The molecule has 112 valence electrons. The van der Waals surface area contributed by atoms with Gasteiger partial charge in [0.15, 0.2) is 0 Å². The first-order valence-electron chi connectivity index (χ1n) is 7.68. The zero-order chi connectivity index (χ0) is 15.2. The van der Waals surface area contributed by atoms with Crippen LogP contribution < -0.4 is 10.5 Å². The average Bonchev–Trinajstić information content (AvgIpc) is 2.54. The van der Waals surface area contributed by atoms with Crippen LogP contribution in [0.3, 0.4) is 0 Å². The molecule has 1 unspecified atom stereocenters. The third-order valence-electron chi connectivity index (χ3n) is 3.99. The van der Waals surface area contributed by atoms with Crippen molar-refractivity contribution in [3.8, 4) is 5.75 Å². The molecule has 0 aliphatic rings. The molecule has 0 spiro atoms. The van der Waals surface area contributed by atoms with Gasteiger partial charge in [-0.25, -0.2) is 0 Å². The SMILES string of the molecule is CCc1ccc(CC)c(C(N)Cc2cccc(OC)c2)c1. The Hall–Kier alpha value is -1.80. The van der Waals surface area contributed by atoms with Crippen molar-refractivity contribution in [3.63, 3.8) is 0 Å². The predicted molar refractivity (Wildman–Crippen MR) is 88.8 cm³/mol. The van der Waals surface area contributed by atoms with Gasteiger partial charge in [0.05, 0.1) is 7.11 Å². The molecule has 0 heterocycles. The zero-order valence-corrected chi connectivity index (χ0v) is 13.2. The van der Waals surface area contributed by atoms with Crippen LogP contribution in [0.2, 0.25) is 0 Å². The van der Waals surface area contributed by atoms with Gasteiger partial charge >= 0.3 is 0 Å². The standard InChI is InChI=1S/C19H25NO/c1-4-14-9-10-16(5-2)18(12-14)19(20)13-15-7-6-8-17(11-15)21-3/h6-12,19H,4-5,13,20H2,1-3H3. The number of hydrogen-bond acceptors (Lipinski definition) is 2. The molecule has 0 radical (unpaired) electrons. The number of benzene rings is 2. The van der Waals surface area contributed by atoms with Gasteiger partial charge in [0.25, 0.3) is 0 Å². The second-order valence-electron chi connectivity index (χ2n) is 5.40. The summed E-state index contributed by atoms with van der Waals surface area (Å²) in [6.07, 6.45) is 2.89. The molecule has 0 aromatic heterocycles. The van der Waals surface area contributed by atoms with E-state index in [1.165, 1.54) is 22.3 Å². The highest BCUT2D eigenvalue weighted by Gasteiger charge is 2.12. The van der Waals surface area contributed by atoms with Crippen LogP contribution in [-0.4, -0.2) is 7.11 Å². The van der Waals surface area contributed by atoms with Crippen LogP contribution in [0.4, 0.5) is 0 Å². The van der Waals surface area contributed by atoms with E-state index in [-0.39, 0.29) is 6.04 Å². The summed E-state index contributed by atoms with van der Waals surface area (Å²) in [5.74, 6) is 0.887. The van der Waals surface area contributed by atoms with Gasteiger partial charge in [-0.05, 0) is 53.6 Å². The minimum absolute atomic E-state index is 0.0264. The molecule has 0 saturated carbocycles. The summed E-state index contributed by atoms with van der Waals surface area (Å²) in [6.45, 7) is 4.36. The molecular formula is C19H25NO. The van der Waals surface area contributed by atoms with Crippen molar-refractivity contribution in [1.29, 1.82) is 0 Å². The van der Waals surface area contributed by atoms with Crippen LogP contribution >= 0.6 is 0 Å². The summed E-state index contributed by atoms with van der Waals surface area (Å²) >= 11 is 0. The molecule has 2 aromatic carbocycles. The smallest absolute Gasteiger partial charge is 0.119 e. The van der Waals surface area contributed by atoms with Gasteiger partial charge in [-0.3, -0.25) is 0 Å². The first kappa shape index (κ1) is 15.6. The predicted octanol–water partition coefficient (Wildman–Crippen LogP) is 4.06. The Morgan fingerprint density at radius 1 is 1.00 bits per heavy atom. The molecule has 2 heteroatoms. The van der Waals surface area contributed by atoms with Gasteiger partial charge in [-0.1, -0.05) is 44.2 Å². The van der Waals surface area contributed by atoms with Crippen molar-refractivity contribution >= 4 is 0 Å². The van der Waals surface area contributed by atoms with E-state index in [4.69, 9.17) is 10.5 Å². The minimum atomic E-state index is 0.0264. The van der Waals surface area contributed by atoms with Crippen molar-refractivity contribution in [2.75, 3.05) is 7.11 Å². The Morgan fingerprint density at radius 3 is 2.48 bits per heavy atom. The average molecular weight is 283 g/mol. The Balaban J connectivity index is 2.24. The molecule has 2 rings (SSSR count). The van der Waals surface area contributed by atoms with E-state index >= 15 is 0 Å². The molecule has 0 fully saturated rings. The third kappa shape index (κ3) is 3.85. The van der Waals surface area contributed by atoms with Gasteiger partial charge in [-0.2, -0.15) is 0 Å². The second-order valence-corrected chi connectivity index (χ2v) is 5.40. The number of aryl methyl sites for hydroxylation is 2. The van der Waals surface area contributed by atoms with E-state index < -0.39 is 0 Å². The van der Waals surface area contributed by atoms with Gasteiger partial charge in [0.1, 0.15) is 5.75 Å². The lowest BCUT2D eigenvalue weighted by Crippen LogP contribution is -2.15.